The second kappa shape index (κ2) is 7.47. The van der Waals surface area contributed by atoms with Gasteiger partial charge in [0.15, 0.2) is 0 Å². The summed E-state index contributed by atoms with van der Waals surface area (Å²) in [6, 6.07) is 1.10. The molecule has 22 heavy (non-hydrogen) atoms. The van der Waals surface area contributed by atoms with Gasteiger partial charge < -0.3 is 10.2 Å². The van der Waals surface area contributed by atoms with Crippen LogP contribution in [0.5, 0.6) is 0 Å². The van der Waals surface area contributed by atoms with Crippen molar-refractivity contribution >= 4 is 42.1 Å². The number of hydrogen-bond acceptors (Lipinski definition) is 4. The summed E-state index contributed by atoms with van der Waals surface area (Å²) in [5.41, 5.74) is 2.67. The Labute approximate surface area is 148 Å². The largest absolute Gasteiger partial charge is 0.336 e. The molecule has 1 aromatic rings. The number of nitrogens with one attached hydrogen (secondary N) is 1. The molecule has 2 unspecified atom stereocenters. The molecule has 2 fully saturated rings. The van der Waals surface area contributed by atoms with E-state index in [1.165, 1.54) is 24.2 Å². The van der Waals surface area contributed by atoms with E-state index >= 15 is 0 Å². The Bertz CT molecular complexity index is 515. The highest BCUT2D eigenvalue weighted by Crippen LogP contribution is 2.29. The third kappa shape index (κ3) is 3.94. The first-order chi connectivity index (χ1) is 9.45. The van der Waals surface area contributed by atoms with Gasteiger partial charge in [-0.15, -0.1) is 36.2 Å². The summed E-state index contributed by atoms with van der Waals surface area (Å²) in [4.78, 5) is 20.1. The van der Waals surface area contributed by atoms with Gasteiger partial charge in [-0.2, -0.15) is 0 Å². The maximum Gasteiger partial charge on any atom is 0.265 e. The van der Waals surface area contributed by atoms with Crippen molar-refractivity contribution in [2.75, 3.05) is 13.1 Å². The Morgan fingerprint density at radius 2 is 1.95 bits per heavy atom. The van der Waals surface area contributed by atoms with Gasteiger partial charge in [-0.25, -0.2) is 4.98 Å². The average molecular weight is 366 g/mol. The van der Waals surface area contributed by atoms with Gasteiger partial charge in [-0.3, -0.25) is 4.79 Å². The number of carbonyl (C=O) groups excluding carboxylic acids is 1. The highest BCUT2D eigenvalue weighted by Gasteiger charge is 2.34. The van der Waals surface area contributed by atoms with Gasteiger partial charge in [0, 0.05) is 30.6 Å². The van der Waals surface area contributed by atoms with Gasteiger partial charge in [0.25, 0.3) is 5.91 Å². The van der Waals surface area contributed by atoms with Gasteiger partial charge >= 0.3 is 0 Å². The van der Waals surface area contributed by atoms with E-state index < -0.39 is 0 Å². The van der Waals surface area contributed by atoms with E-state index in [-0.39, 0.29) is 36.1 Å². The lowest BCUT2D eigenvalue weighted by atomic mass is 9.91. The zero-order valence-corrected chi connectivity index (χ0v) is 15.7. The number of thiazole rings is 1. The Balaban J connectivity index is 0.00000121. The van der Waals surface area contributed by atoms with Gasteiger partial charge in [-0.1, -0.05) is 20.8 Å². The number of aromatic nitrogens is 1. The van der Waals surface area contributed by atoms with E-state index in [0.717, 1.165) is 30.1 Å². The first kappa shape index (κ1) is 19.7. The summed E-state index contributed by atoms with van der Waals surface area (Å²) < 4.78 is 0. The summed E-state index contributed by atoms with van der Waals surface area (Å²) in [5, 5.41) is 3.62. The number of carbonyl (C=O) groups is 1. The van der Waals surface area contributed by atoms with Crippen molar-refractivity contribution in [3.05, 3.63) is 16.1 Å². The molecule has 0 saturated carbocycles. The Morgan fingerprint density at radius 1 is 1.27 bits per heavy atom. The van der Waals surface area contributed by atoms with Gasteiger partial charge in [0.2, 0.25) is 0 Å². The van der Waals surface area contributed by atoms with E-state index in [1.807, 2.05) is 4.90 Å². The fourth-order valence-electron chi connectivity index (χ4n) is 3.20. The van der Waals surface area contributed by atoms with Gasteiger partial charge in [0.05, 0.1) is 11.2 Å². The Hall–Kier alpha value is -0.360. The van der Waals surface area contributed by atoms with Gasteiger partial charge in [0.1, 0.15) is 4.88 Å². The monoisotopic (exact) mass is 365 g/mol. The minimum Gasteiger partial charge on any atom is -0.336 e. The van der Waals surface area contributed by atoms with Crippen molar-refractivity contribution < 1.29 is 4.79 Å². The highest BCUT2D eigenvalue weighted by molar-refractivity contribution is 7.11. The van der Waals surface area contributed by atoms with Crippen LogP contribution < -0.4 is 5.32 Å². The molecule has 2 bridgehead atoms. The lowest BCUT2D eigenvalue weighted by molar-refractivity contribution is 0.0750. The second-order valence-electron chi connectivity index (χ2n) is 6.96. The first-order valence-corrected chi connectivity index (χ1v) is 8.32. The van der Waals surface area contributed by atoms with Crippen LogP contribution in [0.4, 0.5) is 0 Å². The molecule has 0 radical (unpaired) electrons. The van der Waals surface area contributed by atoms with Crippen LogP contribution in [0.3, 0.4) is 0 Å². The zero-order chi connectivity index (χ0) is 14.3. The topological polar surface area (TPSA) is 45.2 Å². The molecule has 126 valence electrons. The van der Waals surface area contributed by atoms with E-state index in [9.17, 15) is 4.79 Å². The molecule has 0 spiro atoms. The number of halogens is 2. The number of fused-ring (bicyclic) bond motifs is 2. The van der Waals surface area contributed by atoms with E-state index in [2.05, 4.69) is 31.1 Å². The summed E-state index contributed by atoms with van der Waals surface area (Å²) >= 11 is 1.48. The van der Waals surface area contributed by atoms with E-state index in [1.54, 1.807) is 5.51 Å². The third-order valence-corrected chi connectivity index (χ3v) is 5.10. The molecular formula is C15H25Cl2N3OS. The maximum absolute atomic E-state index is 12.8. The molecule has 0 aromatic carbocycles. The SMILES string of the molecule is CC(C)(C)c1ncsc1C(=O)N1CCC2CCC(C1)N2.Cl.Cl. The molecule has 2 aliphatic heterocycles. The number of hydrogen-bond donors (Lipinski definition) is 1. The van der Waals surface area contributed by atoms with Crippen LogP contribution >= 0.6 is 36.2 Å². The first-order valence-electron chi connectivity index (χ1n) is 7.44. The summed E-state index contributed by atoms with van der Waals surface area (Å²) in [7, 11) is 0. The molecule has 1 N–H and O–H groups in total. The predicted molar refractivity (Wildman–Crippen MR) is 95.8 cm³/mol. The van der Waals surface area contributed by atoms with Crippen LogP contribution in [0.25, 0.3) is 0 Å². The van der Waals surface area contributed by atoms with Crippen LogP contribution in [0.1, 0.15) is 55.4 Å². The van der Waals surface area contributed by atoms with Gasteiger partial charge in [-0.05, 0) is 19.3 Å². The standard InChI is InChI=1S/C15H23N3OS.2ClH/c1-15(2,3)13-12(20-9-16-13)14(19)18-7-6-10-4-5-11(8-18)17-10;;/h9-11,17H,4-8H2,1-3H3;2*1H. The van der Waals surface area contributed by atoms with Crippen molar-refractivity contribution in [3.63, 3.8) is 0 Å². The molecule has 1 aromatic heterocycles. The number of rotatable bonds is 1. The van der Waals surface area contributed by atoms with Crippen LogP contribution in [0.15, 0.2) is 5.51 Å². The van der Waals surface area contributed by atoms with Crippen LogP contribution in [0, 0.1) is 0 Å². The lowest BCUT2D eigenvalue weighted by Gasteiger charge is -2.25. The van der Waals surface area contributed by atoms with E-state index in [4.69, 9.17) is 0 Å². The summed E-state index contributed by atoms with van der Waals surface area (Å²) in [6.45, 7) is 8.06. The molecule has 2 aliphatic rings. The molecule has 2 atom stereocenters. The van der Waals surface area contributed by atoms with Crippen LogP contribution in [-0.4, -0.2) is 41.0 Å². The van der Waals surface area contributed by atoms with E-state index in [0.29, 0.717) is 12.1 Å². The Kier molecular flexibility index (Phi) is 6.69. The quantitative estimate of drug-likeness (QED) is 0.830. The van der Waals surface area contributed by atoms with Crippen molar-refractivity contribution in [2.24, 2.45) is 0 Å². The molecule has 0 aliphatic carbocycles. The minimum atomic E-state index is -0.0753. The number of amides is 1. The molecule has 4 nitrogen and oxygen atoms in total. The fourth-order valence-corrected chi connectivity index (χ4v) is 4.17. The fraction of sp³-hybridized carbons (Fsp3) is 0.733. The molecule has 3 rings (SSSR count). The van der Waals surface area contributed by atoms with Crippen LogP contribution in [-0.2, 0) is 5.41 Å². The molecule has 3 heterocycles. The molecule has 2 saturated heterocycles. The summed E-state index contributed by atoms with van der Waals surface area (Å²) in [5.74, 6) is 0.173. The minimum absolute atomic E-state index is 0. The van der Waals surface area contributed by atoms with Crippen molar-refractivity contribution in [1.29, 1.82) is 0 Å². The average Bonchev–Trinajstić information content (AvgIpc) is 2.94. The maximum atomic E-state index is 12.8. The lowest BCUT2D eigenvalue weighted by Crippen LogP contribution is -2.39. The van der Waals surface area contributed by atoms with Crippen molar-refractivity contribution in [1.82, 2.24) is 15.2 Å². The molecule has 7 heteroatoms. The normalized spacial score (nSPS) is 24.2. The predicted octanol–water partition coefficient (Wildman–Crippen LogP) is 3.25. The highest BCUT2D eigenvalue weighted by atomic mass is 35.5. The summed E-state index contributed by atoms with van der Waals surface area (Å²) in [6.07, 6.45) is 3.54. The second-order valence-corrected chi connectivity index (χ2v) is 7.81. The Morgan fingerprint density at radius 3 is 2.64 bits per heavy atom. The van der Waals surface area contributed by atoms with Crippen molar-refractivity contribution in [3.8, 4) is 0 Å². The zero-order valence-electron chi connectivity index (χ0n) is 13.3. The van der Waals surface area contributed by atoms with Crippen molar-refractivity contribution in [2.45, 2.75) is 57.5 Å². The molecular weight excluding hydrogens is 341 g/mol. The van der Waals surface area contributed by atoms with Crippen LogP contribution in [0.2, 0.25) is 0 Å². The number of nitrogens with zero attached hydrogens (tertiary/aromatic N) is 2. The smallest absolute Gasteiger partial charge is 0.265 e. The number of likely N-dealkylation sites (tertiary alicyclic amines) is 1. The molecule has 1 amide bonds. The third-order valence-electron chi connectivity index (χ3n) is 4.28.